The van der Waals surface area contributed by atoms with Crippen molar-refractivity contribution in [2.24, 2.45) is 5.73 Å². The molecule has 88 valence electrons. The number of hydrogen-bond donors (Lipinski definition) is 2. The number of nitrogens with zero attached hydrogens (tertiary/aromatic N) is 1. The first-order valence-corrected chi connectivity index (χ1v) is 6.00. The van der Waals surface area contributed by atoms with Gasteiger partial charge in [0.15, 0.2) is 0 Å². The molecule has 4 nitrogen and oxygen atoms in total. The second-order valence-corrected chi connectivity index (χ2v) is 4.18. The third-order valence-corrected chi connectivity index (χ3v) is 3.18. The zero-order valence-corrected chi connectivity index (χ0v) is 9.83. The Morgan fingerprint density at radius 1 is 1.33 bits per heavy atom. The van der Waals surface area contributed by atoms with Crippen LogP contribution >= 0.6 is 0 Å². The van der Waals surface area contributed by atoms with Gasteiger partial charge in [0, 0.05) is 25.2 Å². The van der Waals surface area contributed by atoms with Crippen LogP contribution in [0.5, 0.6) is 0 Å². The number of urea groups is 1. The topological polar surface area (TPSA) is 58.4 Å². The molecule has 1 rings (SSSR count). The van der Waals surface area contributed by atoms with Crippen LogP contribution in [-0.4, -0.2) is 36.1 Å². The van der Waals surface area contributed by atoms with E-state index in [9.17, 15) is 4.79 Å². The summed E-state index contributed by atoms with van der Waals surface area (Å²) in [6.07, 6.45) is 4.42. The van der Waals surface area contributed by atoms with Gasteiger partial charge in [0.25, 0.3) is 0 Å². The number of amides is 2. The van der Waals surface area contributed by atoms with Gasteiger partial charge in [-0.3, -0.25) is 0 Å². The molecule has 0 unspecified atom stereocenters. The molecule has 15 heavy (non-hydrogen) atoms. The lowest BCUT2D eigenvalue weighted by atomic mass is 9.91. The van der Waals surface area contributed by atoms with E-state index in [4.69, 9.17) is 5.73 Å². The Morgan fingerprint density at radius 2 is 1.93 bits per heavy atom. The van der Waals surface area contributed by atoms with E-state index in [0.29, 0.717) is 0 Å². The molecule has 0 aromatic carbocycles. The Kier molecular flexibility index (Phi) is 4.88. The third kappa shape index (κ3) is 3.38. The molecule has 0 saturated heterocycles. The van der Waals surface area contributed by atoms with Gasteiger partial charge in [-0.1, -0.05) is 12.8 Å². The van der Waals surface area contributed by atoms with Gasteiger partial charge < -0.3 is 16.0 Å². The van der Waals surface area contributed by atoms with Crippen LogP contribution in [0.2, 0.25) is 0 Å². The van der Waals surface area contributed by atoms with Gasteiger partial charge in [0.2, 0.25) is 0 Å². The van der Waals surface area contributed by atoms with Crippen LogP contribution in [-0.2, 0) is 0 Å². The van der Waals surface area contributed by atoms with E-state index in [0.717, 1.165) is 25.9 Å². The highest BCUT2D eigenvalue weighted by Crippen LogP contribution is 2.16. The molecule has 0 aromatic rings. The van der Waals surface area contributed by atoms with Gasteiger partial charge >= 0.3 is 6.03 Å². The highest BCUT2D eigenvalue weighted by molar-refractivity contribution is 5.74. The zero-order chi connectivity index (χ0) is 11.3. The minimum absolute atomic E-state index is 0.0300. The average Bonchev–Trinajstić information content (AvgIpc) is 2.23. The summed E-state index contributed by atoms with van der Waals surface area (Å²) in [6.45, 7) is 5.49. The molecular formula is C11H23N3O. The molecule has 3 N–H and O–H groups in total. The van der Waals surface area contributed by atoms with E-state index in [2.05, 4.69) is 5.32 Å². The fourth-order valence-electron chi connectivity index (χ4n) is 2.10. The summed E-state index contributed by atoms with van der Waals surface area (Å²) in [5.74, 6) is 0. The minimum Gasteiger partial charge on any atom is -0.334 e. The molecular weight excluding hydrogens is 190 g/mol. The first-order chi connectivity index (χ1) is 7.19. The Labute approximate surface area is 92.2 Å². The number of carbonyl (C=O) groups excluding carboxylic acids is 1. The zero-order valence-electron chi connectivity index (χ0n) is 9.83. The fourth-order valence-corrected chi connectivity index (χ4v) is 2.10. The van der Waals surface area contributed by atoms with Crippen molar-refractivity contribution in [2.45, 2.75) is 51.6 Å². The van der Waals surface area contributed by atoms with E-state index < -0.39 is 0 Å². The van der Waals surface area contributed by atoms with E-state index in [1.165, 1.54) is 12.8 Å². The summed E-state index contributed by atoms with van der Waals surface area (Å²) in [6, 6.07) is 0.340. The fraction of sp³-hybridized carbons (Fsp3) is 0.909. The second-order valence-electron chi connectivity index (χ2n) is 4.18. The largest absolute Gasteiger partial charge is 0.334 e. The van der Waals surface area contributed by atoms with Gasteiger partial charge in [-0.05, 0) is 26.7 Å². The van der Waals surface area contributed by atoms with E-state index in [1.807, 2.05) is 13.8 Å². The third-order valence-electron chi connectivity index (χ3n) is 3.18. The van der Waals surface area contributed by atoms with E-state index >= 15 is 0 Å². The van der Waals surface area contributed by atoms with E-state index in [1.54, 1.807) is 4.90 Å². The van der Waals surface area contributed by atoms with Crippen LogP contribution in [0.25, 0.3) is 0 Å². The van der Waals surface area contributed by atoms with Gasteiger partial charge in [-0.15, -0.1) is 0 Å². The van der Waals surface area contributed by atoms with Crippen LogP contribution in [0.4, 0.5) is 4.79 Å². The molecule has 0 heterocycles. The predicted octanol–water partition coefficient (Wildman–Crippen LogP) is 1.31. The molecule has 0 aromatic heterocycles. The molecule has 1 aliphatic carbocycles. The smallest absolute Gasteiger partial charge is 0.317 e. The van der Waals surface area contributed by atoms with Crippen molar-refractivity contribution in [1.29, 1.82) is 0 Å². The SMILES string of the molecule is CCN(CC)C(=O)N[C@@H]1CCCC[C@H]1N. The Hall–Kier alpha value is -0.770. The number of nitrogens with one attached hydrogen (secondary N) is 1. The summed E-state index contributed by atoms with van der Waals surface area (Å²) in [7, 11) is 0. The average molecular weight is 213 g/mol. The molecule has 1 fully saturated rings. The van der Waals surface area contributed by atoms with Gasteiger partial charge in [0.1, 0.15) is 0 Å². The van der Waals surface area contributed by atoms with Crippen LogP contribution in [0.3, 0.4) is 0 Å². The van der Waals surface area contributed by atoms with Crippen LogP contribution < -0.4 is 11.1 Å². The summed E-state index contributed by atoms with van der Waals surface area (Å²) >= 11 is 0. The summed E-state index contributed by atoms with van der Waals surface area (Å²) in [5.41, 5.74) is 5.98. The molecule has 0 bridgehead atoms. The van der Waals surface area contributed by atoms with Gasteiger partial charge in [0.05, 0.1) is 0 Å². The number of nitrogens with two attached hydrogens (primary N) is 1. The lowest BCUT2D eigenvalue weighted by molar-refractivity contribution is 0.192. The number of carbonyl (C=O) groups is 1. The van der Waals surface area contributed by atoms with Crippen molar-refractivity contribution in [3.05, 3.63) is 0 Å². The van der Waals surface area contributed by atoms with Crippen molar-refractivity contribution in [2.75, 3.05) is 13.1 Å². The molecule has 0 spiro atoms. The van der Waals surface area contributed by atoms with Crippen LogP contribution in [0, 0.1) is 0 Å². The molecule has 1 aliphatic rings. The van der Waals surface area contributed by atoms with Crippen molar-refractivity contribution in [1.82, 2.24) is 10.2 Å². The summed E-state index contributed by atoms with van der Waals surface area (Å²) in [5, 5.41) is 3.03. The first-order valence-electron chi connectivity index (χ1n) is 6.00. The van der Waals surface area contributed by atoms with Crippen molar-refractivity contribution >= 4 is 6.03 Å². The quantitative estimate of drug-likeness (QED) is 0.742. The van der Waals surface area contributed by atoms with Crippen molar-refractivity contribution in [3.8, 4) is 0 Å². The minimum atomic E-state index is 0.0300. The maximum absolute atomic E-state index is 11.8. The standard InChI is InChI=1S/C11H23N3O/c1-3-14(4-2)11(15)13-10-8-6-5-7-9(10)12/h9-10H,3-8,12H2,1-2H3,(H,13,15)/t9-,10-/m1/s1. The summed E-state index contributed by atoms with van der Waals surface area (Å²) < 4.78 is 0. The molecule has 2 amide bonds. The monoisotopic (exact) mass is 213 g/mol. The number of rotatable bonds is 3. The normalized spacial score (nSPS) is 26.1. The van der Waals surface area contributed by atoms with E-state index in [-0.39, 0.29) is 18.1 Å². The van der Waals surface area contributed by atoms with Crippen molar-refractivity contribution in [3.63, 3.8) is 0 Å². The lowest BCUT2D eigenvalue weighted by Gasteiger charge is -2.31. The Morgan fingerprint density at radius 3 is 2.47 bits per heavy atom. The van der Waals surface area contributed by atoms with Crippen LogP contribution in [0.15, 0.2) is 0 Å². The maximum atomic E-state index is 11.8. The maximum Gasteiger partial charge on any atom is 0.317 e. The van der Waals surface area contributed by atoms with Gasteiger partial charge in [-0.25, -0.2) is 4.79 Å². The molecule has 1 saturated carbocycles. The predicted molar refractivity (Wildman–Crippen MR) is 61.7 cm³/mol. The van der Waals surface area contributed by atoms with Crippen molar-refractivity contribution < 1.29 is 4.79 Å². The molecule has 0 radical (unpaired) electrons. The Balaban J connectivity index is 2.41. The highest BCUT2D eigenvalue weighted by Gasteiger charge is 2.24. The summed E-state index contributed by atoms with van der Waals surface area (Å²) in [4.78, 5) is 13.6. The van der Waals surface area contributed by atoms with Crippen LogP contribution in [0.1, 0.15) is 39.5 Å². The first kappa shape index (κ1) is 12.3. The lowest BCUT2D eigenvalue weighted by Crippen LogP contribution is -2.53. The molecule has 4 heteroatoms. The van der Waals surface area contributed by atoms with Gasteiger partial charge in [-0.2, -0.15) is 0 Å². The molecule has 2 atom stereocenters. The molecule has 0 aliphatic heterocycles. The Bertz CT molecular complexity index is 204. The number of hydrogen-bond acceptors (Lipinski definition) is 2. The highest BCUT2D eigenvalue weighted by atomic mass is 16.2. The second kappa shape index (κ2) is 5.95.